The lowest BCUT2D eigenvalue weighted by molar-refractivity contribution is -0.116. The third-order valence-electron chi connectivity index (χ3n) is 3.37. The monoisotopic (exact) mass is 385 g/mol. The second-order valence-electron chi connectivity index (χ2n) is 5.27. The van der Waals surface area contributed by atoms with Crippen LogP contribution < -0.4 is 10.6 Å². The summed E-state index contributed by atoms with van der Waals surface area (Å²) in [6.07, 6.45) is 3.77. The molecular formula is C17H16BrN5O. The van der Waals surface area contributed by atoms with E-state index in [1.807, 2.05) is 31.2 Å². The highest BCUT2D eigenvalue weighted by atomic mass is 79.9. The number of pyridine rings is 3. The van der Waals surface area contributed by atoms with Gasteiger partial charge in [-0.2, -0.15) is 0 Å². The average molecular weight is 386 g/mol. The van der Waals surface area contributed by atoms with E-state index in [2.05, 4.69) is 41.5 Å². The third kappa shape index (κ3) is 4.05. The van der Waals surface area contributed by atoms with Gasteiger partial charge in [0.1, 0.15) is 11.3 Å². The SMILES string of the molecule is Cc1cccc(NC(=O)CCNc2ccnc3cc(Br)cnc23)n1. The number of anilines is 2. The third-order valence-corrected chi connectivity index (χ3v) is 3.80. The number of hydrogen-bond donors (Lipinski definition) is 2. The molecule has 3 aromatic heterocycles. The van der Waals surface area contributed by atoms with Crippen LogP contribution in [0, 0.1) is 6.92 Å². The fraction of sp³-hybridized carbons (Fsp3) is 0.176. The Morgan fingerprint density at radius 1 is 1.25 bits per heavy atom. The van der Waals surface area contributed by atoms with E-state index in [9.17, 15) is 4.79 Å². The number of rotatable bonds is 5. The van der Waals surface area contributed by atoms with Crippen LogP contribution in [-0.4, -0.2) is 27.4 Å². The molecule has 0 aliphatic rings. The number of carbonyl (C=O) groups is 1. The first-order valence-electron chi connectivity index (χ1n) is 7.49. The van der Waals surface area contributed by atoms with Crippen molar-refractivity contribution in [2.45, 2.75) is 13.3 Å². The Labute approximate surface area is 147 Å². The van der Waals surface area contributed by atoms with Crippen LogP contribution in [0.1, 0.15) is 12.1 Å². The Bertz CT molecular complexity index is 884. The quantitative estimate of drug-likeness (QED) is 0.701. The molecule has 0 aliphatic carbocycles. The van der Waals surface area contributed by atoms with E-state index in [1.165, 1.54) is 0 Å². The number of nitrogens with one attached hydrogen (secondary N) is 2. The molecule has 122 valence electrons. The van der Waals surface area contributed by atoms with Gasteiger partial charge in [-0.25, -0.2) is 4.98 Å². The highest BCUT2D eigenvalue weighted by molar-refractivity contribution is 9.10. The molecule has 7 heteroatoms. The standard InChI is InChI=1S/C17H16BrN5O/c1-11-3-2-4-15(22-11)23-16(24)6-8-19-13-5-7-20-14-9-12(18)10-21-17(13)14/h2-5,7,9-10H,6,8H2,1H3,(H,19,20)(H,22,23,24). The molecule has 0 unspecified atom stereocenters. The van der Waals surface area contributed by atoms with Gasteiger partial charge in [-0.3, -0.25) is 14.8 Å². The van der Waals surface area contributed by atoms with Crippen molar-refractivity contribution in [2.24, 2.45) is 0 Å². The van der Waals surface area contributed by atoms with Crippen molar-refractivity contribution in [3.8, 4) is 0 Å². The first-order chi connectivity index (χ1) is 11.6. The van der Waals surface area contributed by atoms with Crippen LogP contribution in [-0.2, 0) is 4.79 Å². The van der Waals surface area contributed by atoms with Gasteiger partial charge < -0.3 is 10.6 Å². The van der Waals surface area contributed by atoms with Crippen LogP contribution >= 0.6 is 15.9 Å². The molecule has 0 saturated carbocycles. The number of nitrogens with zero attached hydrogens (tertiary/aromatic N) is 3. The normalized spacial score (nSPS) is 10.6. The molecule has 1 amide bonds. The summed E-state index contributed by atoms with van der Waals surface area (Å²) in [5, 5.41) is 6.03. The van der Waals surface area contributed by atoms with Gasteiger partial charge >= 0.3 is 0 Å². The topological polar surface area (TPSA) is 79.8 Å². The minimum atomic E-state index is -0.0883. The van der Waals surface area contributed by atoms with Crippen molar-refractivity contribution < 1.29 is 4.79 Å². The molecule has 24 heavy (non-hydrogen) atoms. The van der Waals surface area contributed by atoms with Gasteiger partial charge in [0.15, 0.2) is 0 Å². The van der Waals surface area contributed by atoms with Gasteiger partial charge in [-0.05, 0) is 47.1 Å². The zero-order valence-corrected chi connectivity index (χ0v) is 14.7. The second-order valence-corrected chi connectivity index (χ2v) is 6.18. The van der Waals surface area contributed by atoms with Crippen LogP contribution in [0.3, 0.4) is 0 Å². The van der Waals surface area contributed by atoms with Crippen LogP contribution in [0.25, 0.3) is 11.0 Å². The number of halogens is 1. The summed E-state index contributed by atoms with van der Waals surface area (Å²) < 4.78 is 0.879. The zero-order chi connectivity index (χ0) is 16.9. The number of fused-ring (bicyclic) bond motifs is 1. The van der Waals surface area contributed by atoms with Gasteiger partial charge in [0.2, 0.25) is 5.91 Å². The van der Waals surface area contributed by atoms with Crippen LogP contribution in [0.2, 0.25) is 0 Å². The maximum absolute atomic E-state index is 12.0. The predicted molar refractivity (Wildman–Crippen MR) is 97.9 cm³/mol. The number of carbonyl (C=O) groups excluding carboxylic acids is 1. The summed E-state index contributed by atoms with van der Waals surface area (Å²) in [6.45, 7) is 2.38. The van der Waals surface area contributed by atoms with E-state index in [4.69, 9.17) is 0 Å². The highest BCUT2D eigenvalue weighted by Crippen LogP contribution is 2.21. The molecule has 0 spiro atoms. The molecule has 2 N–H and O–H groups in total. The van der Waals surface area contributed by atoms with E-state index < -0.39 is 0 Å². The lowest BCUT2D eigenvalue weighted by Crippen LogP contribution is -2.17. The number of aryl methyl sites for hydroxylation is 1. The van der Waals surface area contributed by atoms with E-state index in [0.717, 1.165) is 26.9 Å². The molecule has 0 bridgehead atoms. The maximum Gasteiger partial charge on any atom is 0.227 e. The van der Waals surface area contributed by atoms with Gasteiger partial charge in [0.05, 0.1) is 11.2 Å². The Hall–Kier alpha value is -2.54. The first-order valence-corrected chi connectivity index (χ1v) is 8.29. The minimum absolute atomic E-state index is 0.0883. The van der Waals surface area contributed by atoms with Gasteiger partial charge in [0, 0.05) is 35.5 Å². The molecule has 0 atom stereocenters. The Kier molecular flexibility index (Phi) is 5.00. The molecule has 0 aliphatic heterocycles. The Morgan fingerprint density at radius 2 is 2.12 bits per heavy atom. The summed E-state index contributed by atoms with van der Waals surface area (Å²) in [6, 6.07) is 9.28. The van der Waals surface area contributed by atoms with E-state index >= 15 is 0 Å². The van der Waals surface area contributed by atoms with Gasteiger partial charge in [-0.1, -0.05) is 6.07 Å². The summed E-state index contributed by atoms with van der Waals surface area (Å²) in [7, 11) is 0. The lowest BCUT2D eigenvalue weighted by Gasteiger charge is -2.09. The van der Waals surface area contributed by atoms with E-state index in [-0.39, 0.29) is 5.91 Å². The van der Waals surface area contributed by atoms with Crippen molar-refractivity contribution >= 4 is 44.4 Å². The van der Waals surface area contributed by atoms with Gasteiger partial charge in [-0.15, -0.1) is 0 Å². The predicted octanol–water partition coefficient (Wildman–Crippen LogP) is 3.54. The van der Waals surface area contributed by atoms with Crippen molar-refractivity contribution in [3.05, 3.63) is 52.9 Å². The Balaban J connectivity index is 1.59. The average Bonchev–Trinajstić information content (AvgIpc) is 2.54. The molecule has 0 radical (unpaired) electrons. The van der Waals surface area contributed by atoms with Crippen LogP contribution in [0.5, 0.6) is 0 Å². The Morgan fingerprint density at radius 3 is 2.96 bits per heavy atom. The van der Waals surface area contributed by atoms with Crippen molar-refractivity contribution in [1.29, 1.82) is 0 Å². The van der Waals surface area contributed by atoms with Crippen LogP contribution in [0.15, 0.2) is 47.2 Å². The molecule has 0 fully saturated rings. The second kappa shape index (κ2) is 7.35. The van der Waals surface area contributed by atoms with E-state index in [1.54, 1.807) is 18.5 Å². The first kappa shape index (κ1) is 16.3. The van der Waals surface area contributed by atoms with Crippen molar-refractivity contribution in [2.75, 3.05) is 17.2 Å². The van der Waals surface area contributed by atoms with Crippen molar-refractivity contribution in [1.82, 2.24) is 15.0 Å². The fourth-order valence-electron chi connectivity index (χ4n) is 2.28. The summed E-state index contributed by atoms with van der Waals surface area (Å²) in [5.41, 5.74) is 3.30. The highest BCUT2D eigenvalue weighted by Gasteiger charge is 2.06. The molecular weight excluding hydrogens is 370 g/mol. The van der Waals surface area contributed by atoms with Gasteiger partial charge in [0.25, 0.3) is 0 Å². The number of aromatic nitrogens is 3. The molecule has 0 aromatic carbocycles. The largest absolute Gasteiger partial charge is 0.383 e. The molecule has 3 rings (SSSR count). The molecule has 6 nitrogen and oxygen atoms in total. The van der Waals surface area contributed by atoms with Crippen LogP contribution in [0.4, 0.5) is 11.5 Å². The maximum atomic E-state index is 12.0. The van der Waals surface area contributed by atoms with Crippen molar-refractivity contribution in [3.63, 3.8) is 0 Å². The minimum Gasteiger partial charge on any atom is -0.383 e. The molecule has 3 heterocycles. The number of amides is 1. The summed E-state index contributed by atoms with van der Waals surface area (Å²) in [4.78, 5) is 24.9. The fourth-order valence-corrected chi connectivity index (χ4v) is 2.60. The molecule has 3 aromatic rings. The number of hydrogen-bond acceptors (Lipinski definition) is 5. The summed E-state index contributed by atoms with van der Waals surface area (Å²) >= 11 is 3.38. The lowest BCUT2D eigenvalue weighted by atomic mass is 10.2. The van der Waals surface area contributed by atoms with E-state index in [0.29, 0.717) is 18.8 Å². The smallest absolute Gasteiger partial charge is 0.227 e. The molecule has 0 saturated heterocycles. The summed E-state index contributed by atoms with van der Waals surface area (Å²) in [5.74, 6) is 0.482. The zero-order valence-electron chi connectivity index (χ0n) is 13.1.